The number of carbonyl (C=O) groups is 1. The number of allylic oxidation sites excluding steroid dienone is 2. The molecular weight excluding hydrogens is 512 g/mol. The minimum Gasteiger partial charge on any atom is -0.501 e. The lowest BCUT2D eigenvalue weighted by molar-refractivity contribution is -0.120. The first kappa shape index (κ1) is 25.4. The van der Waals surface area contributed by atoms with Gasteiger partial charge in [-0.25, -0.2) is 18.1 Å². The van der Waals surface area contributed by atoms with Gasteiger partial charge in [0.1, 0.15) is 5.65 Å². The number of amides is 1. The molecule has 1 aliphatic carbocycles. The van der Waals surface area contributed by atoms with Gasteiger partial charge in [-0.1, -0.05) is 24.3 Å². The zero-order valence-corrected chi connectivity index (χ0v) is 21.9. The smallest absolute Gasteiger partial charge is 0.240 e. The topological polar surface area (TPSA) is 130 Å². The quantitative estimate of drug-likeness (QED) is 0.403. The molecule has 1 amide bonds. The fraction of sp³-hybridized carbons (Fsp3) is 0.308. The van der Waals surface area contributed by atoms with Gasteiger partial charge in [0.05, 0.1) is 30.2 Å². The number of nitrogens with one attached hydrogen (secondary N) is 3. The molecule has 9 nitrogen and oxygen atoms in total. The predicted octanol–water partition coefficient (Wildman–Crippen LogP) is 2.55. The van der Waals surface area contributed by atoms with Gasteiger partial charge in [-0.3, -0.25) is 9.00 Å². The lowest BCUT2D eigenvalue weighted by atomic mass is 10.0. The van der Waals surface area contributed by atoms with Crippen LogP contribution in [0.1, 0.15) is 18.5 Å². The first-order valence-corrected chi connectivity index (χ1v) is 14.9. The number of benzene rings is 1. The number of nitrogens with zero attached hydrogens (tertiary/aromatic N) is 1. The van der Waals surface area contributed by atoms with Crippen molar-refractivity contribution in [3.8, 4) is 11.1 Å². The molecule has 11 heteroatoms. The molecule has 3 heterocycles. The summed E-state index contributed by atoms with van der Waals surface area (Å²) in [4.78, 5) is 20.4. The van der Waals surface area contributed by atoms with Crippen LogP contribution in [0.15, 0.2) is 71.5 Å². The van der Waals surface area contributed by atoms with Crippen molar-refractivity contribution in [3.05, 3.63) is 72.3 Å². The normalized spacial score (nSPS) is 21.6. The number of methoxy groups -OCH3 is 1. The number of H-pyrrole nitrogens is 1. The van der Waals surface area contributed by atoms with Crippen LogP contribution in [0.4, 0.5) is 0 Å². The summed E-state index contributed by atoms with van der Waals surface area (Å²) in [6, 6.07) is 9.99. The Balaban J connectivity index is 1.30. The average Bonchev–Trinajstić information content (AvgIpc) is 3.48. The largest absolute Gasteiger partial charge is 0.501 e. The Labute approximate surface area is 217 Å². The van der Waals surface area contributed by atoms with Crippen molar-refractivity contribution >= 4 is 37.8 Å². The van der Waals surface area contributed by atoms with Gasteiger partial charge in [-0.15, -0.1) is 0 Å². The number of pyridine rings is 1. The third-order valence-corrected chi connectivity index (χ3v) is 9.47. The number of aromatic amines is 1. The Bertz CT molecular complexity index is 1510. The molecule has 0 spiro atoms. The van der Waals surface area contributed by atoms with Gasteiger partial charge in [-0.05, 0) is 47.9 Å². The zero-order valence-electron chi connectivity index (χ0n) is 20.3. The van der Waals surface area contributed by atoms with Gasteiger partial charge in [0.2, 0.25) is 15.9 Å². The van der Waals surface area contributed by atoms with Crippen LogP contribution in [0.2, 0.25) is 0 Å². The number of hydrogen-bond acceptors (Lipinski definition) is 6. The number of rotatable bonds is 8. The van der Waals surface area contributed by atoms with Crippen LogP contribution in [-0.4, -0.2) is 59.2 Å². The molecule has 2 aliphatic rings. The second kappa shape index (κ2) is 10.6. The maximum atomic E-state index is 12.8. The third-order valence-electron chi connectivity index (χ3n) is 6.47. The second-order valence-corrected chi connectivity index (χ2v) is 12.5. The molecule has 3 atom stereocenters. The van der Waals surface area contributed by atoms with Crippen LogP contribution in [0, 0.1) is 0 Å². The molecule has 3 unspecified atom stereocenters. The number of fused-ring (bicyclic) bond motifs is 1. The Kier molecular flexibility index (Phi) is 7.27. The monoisotopic (exact) mass is 540 g/mol. The molecule has 1 aromatic carbocycles. The summed E-state index contributed by atoms with van der Waals surface area (Å²) in [6.07, 6.45) is 8.71. The highest BCUT2D eigenvalue weighted by atomic mass is 32.2. The van der Waals surface area contributed by atoms with Gasteiger partial charge in [0, 0.05) is 52.0 Å². The molecular formula is C26H28N4O5S2. The van der Waals surface area contributed by atoms with Crippen LogP contribution >= 0.6 is 0 Å². The second-order valence-electron chi connectivity index (χ2n) is 9.13. The Morgan fingerprint density at radius 2 is 2.05 bits per heavy atom. The lowest BCUT2D eigenvalue weighted by Crippen LogP contribution is -2.35. The minimum atomic E-state index is -3.70. The SMILES string of the molecule is COC1=CC=CC(NC(=O)Cc2cc3c(-c4ccc(S(=O)(=O)NC5CCS(=O)C5)cc4)ccnc3[nH]2)C1. The van der Waals surface area contributed by atoms with E-state index in [4.69, 9.17) is 4.74 Å². The molecule has 3 aromatic rings. The number of aromatic nitrogens is 2. The summed E-state index contributed by atoms with van der Waals surface area (Å²) in [7, 11) is -3.05. The molecule has 5 rings (SSSR count). The van der Waals surface area contributed by atoms with Gasteiger partial charge in [0.15, 0.2) is 0 Å². The molecule has 3 N–H and O–H groups in total. The first-order chi connectivity index (χ1) is 17.8. The molecule has 1 saturated heterocycles. The van der Waals surface area contributed by atoms with Crippen LogP contribution in [0.25, 0.3) is 22.2 Å². The van der Waals surface area contributed by atoms with E-state index < -0.39 is 20.8 Å². The Morgan fingerprint density at radius 3 is 2.78 bits per heavy atom. The van der Waals surface area contributed by atoms with Crippen LogP contribution in [0.3, 0.4) is 0 Å². The van der Waals surface area contributed by atoms with E-state index in [-0.39, 0.29) is 29.3 Å². The van der Waals surface area contributed by atoms with Gasteiger partial charge >= 0.3 is 0 Å². The average molecular weight is 541 g/mol. The Morgan fingerprint density at radius 1 is 1.24 bits per heavy atom. The summed E-state index contributed by atoms with van der Waals surface area (Å²) in [6.45, 7) is 0. The molecule has 0 radical (unpaired) electrons. The van der Waals surface area contributed by atoms with Crippen molar-refractivity contribution in [1.82, 2.24) is 20.0 Å². The summed E-state index contributed by atoms with van der Waals surface area (Å²) < 4.78 is 45.1. The lowest BCUT2D eigenvalue weighted by Gasteiger charge is -2.18. The number of carbonyl (C=O) groups excluding carboxylic acids is 1. The highest BCUT2D eigenvalue weighted by molar-refractivity contribution is 7.89. The van der Waals surface area contributed by atoms with E-state index in [1.165, 1.54) is 0 Å². The summed E-state index contributed by atoms with van der Waals surface area (Å²) in [5.74, 6) is 1.57. The third kappa shape index (κ3) is 5.84. The highest BCUT2D eigenvalue weighted by Gasteiger charge is 2.26. The van der Waals surface area contributed by atoms with E-state index in [1.807, 2.05) is 30.4 Å². The van der Waals surface area contributed by atoms with E-state index in [1.54, 1.807) is 37.6 Å². The van der Waals surface area contributed by atoms with Crippen molar-refractivity contribution in [2.45, 2.75) is 36.2 Å². The van der Waals surface area contributed by atoms with Gasteiger partial charge < -0.3 is 15.0 Å². The van der Waals surface area contributed by atoms with Crippen molar-refractivity contribution < 1.29 is 22.2 Å². The summed E-state index contributed by atoms with van der Waals surface area (Å²) >= 11 is 0. The van der Waals surface area contributed by atoms with E-state index in [0.717, 1.165) is 28.0 Å². The fourth-order valence-corrected chi connectivity index (χ4v) is 7.41. The van der Waals surface area contributed by atoms with Crippen molar-refractivity contribution in [1.29, 1.82) is 0 Å². The first-order valence-electron chi connectivity index (χ1n) is 12.0. The van der Waals surface area contributed by atoms with E-state index >= 15 is 0 Å². The predicted molar refractivity (Wildman–Crippen MR) is 143 cm³/mol. The van der Waals surface area contributed by atoms with Gasteiger partial charge in [-0.2, -0.15) is 0 Å². The van der Waals surface area contributed by atoms with Crippen molar-refractivity contribution in [2.75, 3.05) is 18.6 Å². The number of sulfonamides is 1. The molecule has 0 bridgehead atoms. The minimum absolute atomic E-state index is 0.117. The van der Waals surface area contributed by atoms with Crippen molar-refractivity contribution in [3.63, 3.8) is 0 Å². The summed E-state index contributed by atoms with van der Waals surface area (Å²) in [5.41, 5.74) is 3.08. The number of ether oxygens (including phenoxy) is 1. The van der Waals surface area contributed by atoms with Crippen LogP contribution in [-0.2, 0) is 36.8 Å². The molecule has 0 saturated carbocycles. The van der Waals surface area contributed by atoms with E-state index in [2.05, 4.69) is 20.0 Å². The fourth-order valence-electron chi connectivity index (χ4n) is 4.62. The van der Waals surface area contributed by atoms with Crippen LogP contribution < -0.4 is 10.0 Å². The maximum absolute atomic E-state index is 12.8. The molecule has 1 fully saturated rings. The molecule has 1 aliphatic heterocycles. The van der Waals surface area contributed by atoms with Gasteiger partial charge in [0.25, 0.3) is 0 Å². The van der Waals surface area contributed by atoms with E-state index in [0.29, 0.717) is 30.0 Å². The Hall–Kier alpha value is -3.28. The zero-order chi connectivity index (χ0) is 26.0. The molecule has 194 valence electrons. The van der Waals surface area contributed by atoms with Crippen LogP contribution in [0.5, 0.6) is 0 Å². The molecule has 37 heavy (non-hydrogen) atoms. The molecule has 2 aromatic heterocycles. The summed E-state index contributed by atoms with van der Waals surface area (Å²) in [5, 5.41) is 3.85. The van der Waals surface area contributed by atoms with E-state index in [9.17, 15) is 17.4 Å². The standard InChI is InChI=1S/C26H28N4O5S2/c1-35-21-4-2-3-18(13-21)28-25(31)15-20-14-24-23(9-11-27-26(24)29-20)17-5-7-22(8-6-17)37(33,34)30-19-10-12-36(32)16-19/h2-9,11,14,18-19,30H,10,12-13,15-16H2,1H3,(H,27,29)(H,28,31). The highest BCUT2D eigenvalue weighted by Crippen LogP contribution is 2.29. The maximum Gasteiger partial charge on any atom is 0.240 e. The van der Waals surface area contributed by atoms with Crippen molar-refractivity contribution in [2.24, 2.45) is 0 Å². The number of hydrogen-bond donors (Lipinski definition) is 3.